The maximum Gasteiger partial charge on any atom is 0.258 e. The van der Waals surface area contributed by atoms with Crippen LogP contribution in [0.1, 0.15) is 16.8 Å². The van der Waals surface area contributed by atoms with Gasteiger partial charge in [-0.05, 0) is 12.1 Å². The summed E-state index contributed by atoms with van der Waals surface area (Å²) in [5.74, 6) is -0.482. The molecule has 21 heavy (non-hydrogen) atoms. The van der Waals surface area contributed by atoms with E-state index in [1.165, 1.54) is 4.68 Å². The molecule has 2 amide bonds. The van der Waals surface area contributed by atoms with E-state index >= 15 is 0 Å². The van der Waals surface area contributed by atoms with Crippen molar-refractivity contribution in [2.75, 3.05) is 5.32 Å². The molecule has 1 aromatic heterocycles. The molecule has 1 aromatic carbocycles. The van der Waals surface area contributed by atoms with E-state index in [2.05, 4.69) is 10.4 Å². The van der Waals surface area contributed by atoms with Gasteiger partial charge in [0.05, 0.1) is 15.6 Å². The predicted octanol–water partition coefficient (Wildman–Crippen LogP) is 2.32. The lowest BCUT2D eigenvalue weighted by Gasteiger charge is -2.05. The molecule has 110 valence electrons. The number of aryl methyl sites for hydroxylation is 1. The highest BCUT2D eigenvalue weighted by Crippen LogP contribution is 2.26. The number of anilines is 1. The van der Waals surface area contributed by atoms with Crippen LogP contribution < -0.4 is 11.1 Å². The molecule has 2 rings (SSSR count). The molecule has 6 nitrogen and oxygen atoms in total. The van der Waals surface area contributed by atoms with Gasteiger partial charge < -0.3 is 11.1 Å². The lowest BCUT2D eigenvalue weighted by Crippen LogP contribution is -2.15. The Balaban J connectivity index is 2.06. The highest BCUT2D eigenvalue weighted by atomic mass is 35.5. The van der Waals surface area contributed by atoms with Crippen LogP contribution in [-0.4, -0.2) is 21.6 Å². The number of aromatic nitrogens is 2. The lowest BCUT2D eigenvalue weighted by atomic mass is 10.2. The molecule has 0 spiro atoms. The van der Waals surface area contributed by atoms with Gasteiger partial charge in [0.25, 0.3) is 5.91 Å². The van der Waals surface area contributed by atoms with Gasteiger partial charge in [-0.2, -0.15) is 5.10 Å². The number of nitrogens with zero attached hydrogens (tertiary/aromatic N) is 2. The molecule has 1 heterocycles. The van der Waals surface area contributed by atoms with Crippen molar-refractivity contribution < 1.29 is 9.59 Å². The third kappa shape index (κ3) is 3.96. The van der Waals surface area contributed by atoms with Crippen molar-refractivity contribution in [3.8, 4) is 0 Å². The minimum absolute atomic E-state index is 0.176. The average Bonchev–Trinajstić information content (AvgIpc) is 2.87. The number of nitrogens with one attached hydrogen (secondary N) is 1. The van der Waals surface area contributed by atoms with Crippen LogP contribution in [0.4, 0.5) is 5.82 Å². The summed E-state index contributed by atoms with van der Waals surface area (Å²) in [6.45, 7) is 0.350. The summed E-state index contributed by atoms with van der Waals surface area (Å²) < 4.78 is 1.51. The predicted molar refractivity (Wildman–Crippen MR) is 80.5 cm³/mol. The topological polar surface area (TPSA) is 90.0 Å². The van der Waals surface area contributed by atoms with Crippen LogP contribution >= 0.6 is 23.2 Å². The van der Waals surface area contributed by atoms with Crippen LogP contribution in [0.3, 0.4) is 0 Å². The first-order valence-electron chi connectivity index (χ1n) is 6.04. The van der Waals surface area contributed by atoms with Crippen LogP contribution in [-0.2, 0) is 11.3 Å². The number of rotatable bonds is 5. The Morgan fingerprint density at radius 1 is 1.29 bits per heavy atom. The average molecular weight is 327 g/mol. The summed E-state index contributed by atoms with van der Waals surface area (Å²) in [7, 11) is 0. The largest absolute Gasteiger partial charge is 0.370 e. The van der Waals surface area contributed by atoms with E-state index in [0.717, 1.165) is 0 Å². The molecular weight excluding hydrogens is 315 g/mol. The Kier molecular flexibility index (Phi) is 4.82. The summed E-state index contributed by atoms with van der Waals surface area (Å²) in [6.07, 6.45) is 1.81. The first-order chi connectivity index (χ1) is 9.97. The number of hydrogen-bond acceptors (Lipinski definition) is 3. The van der Waals surface area contributed by atoms with Gasteiger partial charge >= 0.3 is 0 Å². The molecule has 0 saturated carbocycles. The molecule has 0 atom stereocenters. The number of amides is 2. The van der Waals surface area contributed by atoms with Crippen LogP contribution in [0, 0.1) is 0 Å². The van der Waals surface area contributed by atoms with Crippen molar-refractivity contribution in [2.24, 2.45) is 5.73 Å². The SMILES string of the molecule is NC(=O)CCn1ccc(NC(=O)c2cccc(Cl)c2Cl)n1. The Morgan fingerprint density at radius 2 is 2.05 bits per heavy atom. The first-order valence-corrected chi connectivity index (χ1v) is 6.80. The van der Waals surface area contributed by atoms with Crippen molar-refractivity contribution in [3.05, 3.63) is 46.1 Å². The second-order valence-electron chi connectivity index (χ2n) is 4.24. The van der Waals surface area contributed by atoms with Crippen LogP contribution in [0.5, 0.6) is 0 Å². The fourth-order valence-corrected chi connectivity index (χ4v) is 2.03. The van der Waals surface area contributed by atoms with Crippen LogP contribution in [0.15, 0.2) is 30.5 Å². The van der Waals surface area contributed by atoms with Gasteiger partial charge in [-0.15, -0.1) is 0 Å². The second-order valence-corrected chi connectivity index (χ2v) is 5.02. The summed E-state index contributed by atoms with van der Waals surface area (Å²) >= 11 is 11.8. The smallest absolute Gasteiger partial charge is 0.258 e. The maximum absolute atomic E-state index is 12.1. The minimum atomic E-state index is -0.415. The number of nitrogens with two attached hydrogens (primary N) is 1. The molecule has 0 bridgehead atoms. The minimum Gasteiger partial charge on any atom is -0.370 e. The van der Waals surface area contributed by atoms with Gasteiger partial charge in [0, 0.05) is 25.2 Å². The number of carbonyl (C=O) groups is 2. The highest BCUT2D eigenvalue weighted by molar-refractivity contribution is 6.44. The Hall–Kier alpha value is -2.05. The van der Waals surface area contributed by atoms with Gasteiger partial charge in [-0.3, -0.25) is 14.3 Å². The number of halogens is 2. The van der Waals surface area contributed by atoms with E-state index < -0.39 is 11.8 Å². The number of hydrogen-bond donors (Lipinski definition) is 2. The van der Waals surface area contributed by atoms with Gasteiger partial charge in [0.15, 0.2) is 5.82 Å². The number of carbonyl (C=O) groups excluding carboxylic acids is 2. The molecule has 0 aliphatic heterocycles. The molecule has 8 heteroatoms. The quantitative estimate of drug-likeness (QED) is 0.883. The molecule has 0 unspecified atom stereocenters. The van der Waals surface area contributed by atoms with Gasteiger partial charge in [0.2, 0.25) is 5.91 Å². The number of benzene rings is 1. The van der Waals surface area contributed by atoms with E-state index in [0.29, 0.717) is 17.4 Å². The number of primary amides is 1. The fourth-order valence-electron chi connectivity index (χ4n) is 1.64. The lowest BCUT2D eigenvalue weighted by molar-refractivity contribution is -0.118. The van der Waals surface area contributed by atoms with E-state index in [1.807, 2.05) is 0 Å². The molecule has 0 aliphatic carbocycles. The summed E-state index contributed by atoms with van der Waals surface area (Å²) in [5.41, 5.74) is 5.32. The van der Waals surface area contributed by atoms with Crippen molar-refractivity contribution >= 4 is 40.8 Å². The Bertz CT molecular complexity index is 685. The summed E-state index contributed by atoms with van der Waals surface area (Å²) in [6, 6.07) is 6.40. The van der Waals surface area contributed by atoms with Gasteiger partial charge in [0.1, 0.15) is 0 Å². The maximum atomic E-state index is 12.1. The van der Waals surface area contributed by atoms with E-state index in [1.54, 1.807) is 30.5 Å². The first kappa shape index (κ1) is 15.3. The van der Waals surface area contributed by atoms with Crippen molar-refractivity contribution in [2.45, 2.75) is 13.0 Å². The van der Waals surface area contributed by atoms with Crippen molar-refractivity contribution in [3.63, 3.8) is 0 Å². The summed E-state index contributed by atoms with van der Waals surface area (Å²) in [4.78, 5) is 22.8. The Morgan fingerprint density at radius 3 is 2.76 bits per heavy atom. The second kappa shape index (κ2) is 6.60. The standard InChI is InChI=1S/C13H12Cl2N4O2/c14-9-3-1-2-8(12(9)15)13(21)17-11-5-7-19(18-11)6-4-10(16)20/h1-3,5,7H,4,6H2,(H2,16,20)(H,17,18,21). The van der Waals surface area contributed by atoms with Crippen LogP contribution in [0.2, 0.25) is 10.0 Å². The molecule has 0 fully saturated rings. The zero-order valence-electron chi connectivity index (χ0n) is 10.8. The zero-order valence-corrected chi connectivity index (χ0v) is 12.4. The third-order valence-electron chi connectivity index (χ3n) is 2.67. The van der Waals surface area contributed by atoms with Crippen molar-refractivity contribution in [1.82, 2.24) is 9.78 Å². The monoisotopic (exact) mass is 326 g/mol. The third-order valence-corrected chi connectivity index (χ3v) is 3.48. The van der Waals surface area contributed by atoms with Gasteiger partial charge in [-0.25, -0.2) is 0 Å². The Labute approximate surface area is 130 Å². The molecule has 0 radical (unpaired) electrons. The molecular formula is C13H12Cl2N4O2. The molecule has 0 saturated heterocycles. The molecule has 3 N–H and O–H groups in total. The van der Waals surface area contributed by atoms with E-state index in [-0.39, 0.29) is 17.0 Å². The molecule has 0 aliphatic rings. The van der Waals surface area contributed by atoms with Gasteiger partial charge in [-0.1, -0.05) is 29.3 Å². The van der Waals surface area contributed by atoms with Crippen LogP contribution in [0.25, 0.3) is 0 Å². The highest BCUT2D eigenvalue weighted by Gasteiger charge is 2.13. The zero-order chi connectivity index (χ0) is 15.4. The normalized spacial score (nSPS) is 10.4. The fraction of sp³-hybridized carbons (Fsp3) is 0.154. The summed E-state index contributed by atoms with van der Waals surface area (Å²) in [5, 5.41) is 7.19. The van der Waals surface area contributed by atoms with E-state index in [4.69, 9.17) is 28.9 Å². The molecule has 2 aromatic rings. The van der Waals surface area contributed by atoms with E-state index in [9.17, 15) is 9.59 Å². The van der Waals surface area contributed by atoms with Crippen molar-refractivity contribution in [1.29, 1.82) is 0 Å².